The Kier molecular flexibility index (Phi) is 4.87. The van der Waals surface area contributed by atoms with Crippen molar-refractivity contribution < 1.29 is 22.8 Å². The van der Waals surface area contributed by atoms with Crippen LogP contribution in [0.2, 0.25) is 0 Å². The van der Waals surface area contributed by atoms with E-state index in [-0.39, 0.29) is 28.2 Å². The summed E-state index contributed by atoms with van der Waals surface area (Å²) in [4.78, 5) is 24.3. The monoisotopic (exact) mass is 392 g/mol. The van der Waals surface area contributed by atoms with Gasteiger partial charge in [0.2, 0.25) is 5.76 Å². The lowest BCUT2D eigenvalue weighted by Crippen LogP contribution is -2.16. The number of carbonyl (C=O) groups is 2. The first kappa shape index (κ1) is 18.5. The second-order valence-electron chi connectivity index (χ2n) is 6.52. The van der Waals surface area contributed by atoms with Crippen LogP contribution in [0.25, 0.3) is 11.0 Å². The fraction of sp³-hybridized carbons (Fsp3) is 0.0909. The number of rotatable bonds is 6. The number of nitrogens with one attached hydrogen (secondary N) is 1. The van der Waals surface area contributed by atoms with E-state index in [0.29, 0.717) is 12.2 Å². The van der Waals surface area contributed by atoms with Crippen LogP contribution in [-0.4, -0.2) is 11.8 Å². The van der Waals surface area contributed by atoms with E-state index in [4.69, 9.17) is 14.6 Å². The van der Waals surface area contributed by atoms with Crippen molar-refractivity contribution >= 4 is 28.5 Å². The van der Waals surface area contributed by atoms with Crippen molar-refractivity contribution in [3.05, 3.63) is 89.3 Å². The smallest absolute Gasteiger partial charge is 0.291 e. The van der Waals surface area contributed by atoms with Gasteiger partial charge in [0.25, 0.3) is 11.8 Å². The Morgan fingerprint density at radius 1 is 0.966 bits per heavy atom. The number of halogens is 1. The normalized spacial score (nSPS) is 10.9. The molecule has 0 spiro atoms. The number of fused-ring (bicyclic) bond motifs is 1. The number of hydrogen-bond acceptors (Lipinski definition) is 4. The highest BCUT2D eigenvalue weighted by atomic mass is 19.1. The van der Waals surface area contributed by atoms with Crippen molar-refractivity contribution in [3.8, 4) is 0 Å². The van der Waals surface area contributed by atoms with Crippen LogP contribution in [0.5, 0.6) is 0 Å². The highest BCUT2D eigenvalue weighted by molar-refractivity contribution is 6.13. The van der Waals surface area contributed by atoms with Crippen LogP contribution in [0.15, 0.2) is 69.5 Å². The Morgan fingerprint density at radius 2 is 1.76 bits per heavy atom. The maximum absolute atomic E-state index is 13.6. The molecule has 2 amide bonds. The van der Waals surface area contributed by atoms with Gasteiger partial charge in [-0.2, -0.15) is 0 Å². The van der Waals surface area contributed by atoms with Crippen LogP contribution in [0.1, 0.15) is 32.4 Å². The van der Waals surface area contributed by atoms with E-state index in [1.54, 1.807) is 12.1 Å². The third-order valence-electron chi connectivity index (χ3n) is 4.50. The molecule has 2 heterocycles. The number of primary amides is 1. The van der Waals surface area contributed by atoms with E-state index in [1.807, 2.05) is 30.3 Å². The number of anilines is 1. The van der Waals surface area contributed by atoms with Crippen LogP contribution in [0.3, 0.4) is 0 Å². The predicted molar refractivity (Wildman–Crippen MR) is 105 cm³/mol. The Hall–Kier alpha value is -3.87. The summed E-state index contributed by atoms with van der Waals surface area (Å²) < 4.78 is 24.6. The van der Waals surface area contributed by atoms with E-state index in [0.717, 1.165) is 18.1 Å². The fourth-order valence-electron chi connectivity index (χ4n) is 3.09. The number of carbonyl (C=O) groups excluding carboxylic acids is 2. The molecular formula is C22H17FN2O4. The zero-order valence-electron chi connectivity index (χ0n) is 15.3. The van der Waals surface area contributed by atoms with Gasteiger partial charge in [-0.1, -0.05) is 30.3 Å². The minimum Gasteiger partial charge on any atom is -0.456 e. The molecule has 2 aromatic carbocycles. The number of nitrogens with two attached hydrogens (primary N) is 1. The highest BCUT2D eigenvalue weighted by Gasteiger charge is 2.22. The van der Waals surface area contributed by atoms with Gasteiger partial charge in [-0.3, -0.25) is 9.59 Å². The number of furan rings is 2. The van der Waals surface area contributed by atoms with Gasteiger partial charge in [0.05, 0.1) is 0 Å². The lowest BCUT2D eigenvalue weighted by atomic mass is 10.1. The highest BCUT2D eigenvalue weighted by Crippen LogP contribution is 2.32. The maximum Gasteiger partial charge on any atom is 0.291 e. The molecule has 146 valence electrons. The lowest BCUT2D eigenvalue weighted by Gasteiger charge is -2.03. The van der Waals surface area contributed by atoms with Gasteiger partial charge >= 0.3 is 0 Å². The van der Waals surface area contributed by atoms with Gasteiger partial charge in [0, 0.05) is 11.8 Å². The molecule has 0 aliphatic rings. The van der Waals surface area contributed by atoms with E-state index in [9.17, 15) is 14.0 Å². The summed E-state index contributed by atoms with van der Waals surface area (Å²) >= 11 is 0. The number of hydrogen-bond donors (Lipinski definition) is 2. The molecule has 0 saturated heterocycles. The van der Waals surface area contributed by atoms with Crippen molar-refractivity contribution in [2.24, 2.45) is 5.73 Å². The fourth-order valence-corrected chi connectivity index (χ4v) is 3.09. The van der Waals surface area contributed by atoms with Crippen LogP contribution in [0, 0.1) is 5.82 Å². The Balaban J connectivity index is 1.54. The minimum atomic E-state index is -0.875. The van der Waals surface area contributed by atoms with Gasteiger partial charge in [0.1, 0.15) is 22.8 Å². The molecule has 29 heavy (non-hydrogen) atoms. The Bertz CT molecular complexity index is 1190. The summed E-state index contributed by atoms with van der Waals surface area (Å²) in [5.74, 6) is -1.54. The second-order valence-corrected chi connectivity index (χ2v) is 6.52. The molecule has 0 unspecified atom stereocenters. The number of aryl methyl sites for hydroxylation is 2. The average Bonchev–Trinajstić information content (AvgIpc) is 3.32. The molecule has 4 rings (SSSR count). The molecular weight excluding hydrogens is 375 g/mol. The van der Waals surface area contributed by atoms with Crippen LogP contribution < -0.4 is 11.1 Å². The van der Waals surface area contributed by atoms with E-state index in [2.05, 4.69) is 5.32 Å². The topological polar surface area (TPSA) is 98.5 Å². The van der Waals surface area contributed by atoms with Gasteiger partial charge in [-0.25, -0.2) is 4.39 Å². The molecule has 0 aliphatic heterocycles. The van der Waals surface area contributed by atoms with Crippen molar-refractivity contribution in [2.75, 3.05) is 5.32 Å². The summed E-state index contributed by atoms with van der Waals surface area (Å²) in [6.45, 7) is 0. The lowest BCUT2D eigenvalue weighted by molar-refractivity contribution is 0.0977. The zero-order chi connectivity index (χ0) is 20.4. The SMILES string of the molecule is NC(=O)c1oc2ccc(F)cc2c1NC(=O)c1ccc(CCc2ccccc2)o1. The molecule has 7 heteroatoms. The molecule has 0 bridgehead atoms. The molecule has 4 aromatic rings. The maximum atomic E-state index is 13.6. The molecule has 0 saturated carbocycles. The van der Waals surface area contributed by atoms with E-state index in [1.165, 1.54) is 12.1 Å². The quantitative estimate of drug-likeness (QED) is 0.511. The molecule has 2 aromatic heterocycles. The number of amides is 2. The van der Waals surface area contributed by atoms with Crippen LogP contribution >= 0.6 is 0 Å². The molecule has 3 N–H and O–H groups in total. The zero-order valence-corrected chi connectivity index (χ0v) is 15.3. The number of benzene rings is 2. The third-order valence-corrected chi connectivity index (χ3v) is 4.50. The first-order chi connectivity index (χ1) is 14.0. The van der Waals surface area contributed by atoms with E-state index < -0.39 is 17.6 Å². The van der Waals surface area contributed by atoms with Crippen LogP contribution in [0.4, 0.5) is 10.1 Å². The summed E-state index contributed by atoms with van der Waals surface area (Å²) in [6, 6.07) is 16.9. The summed E-state index contributed by atoms with van der Waals surface area (Å²) in [6.07, 6.45) is 1.40. The molecule has 6 nitrogen and oxygen atoms in total. The molecule has 0 radical (unpaired) electrons. The predicted octanol–water partition coefficient (Wildman–Crippen LogP) is 4.30. The minimum absolute atomic E-state index is 0.0132. The van der Waals surface area contributed by atoms with Gasteiger partial charge < -0.3 is 19.9 Å². The van der Waals surface area contributed by atoms with Crippen molar-refractivity contribution in [1.82, 2.24) is 0 Å². The first-order valence-corrected chi connectivity index (χ1v) is 8.97. The average molecular weight is 392 g/mol. The Labute approximate surface area is 165 Å². The van der Waals surface area contributed by atoms with Crippen molar-refractivity contribution in [1.29, 1.82) is 0 Å². The van der Waals surface area contributed by atoms with Gasteiger partial charge in [-0.05, 0) is 42.3 Å². The Morgan fingerprint density at radius 3 is 2.52 bits per heavy atom. The summed E-state index contributed by atoms with van der Waals surface area (Å²) in [5, 5.41) is 2.79. The van der Waals surface area contributed by atoms with Crippen molar-refractivity contribution in [3.63, 3.8) is 0 Å². The second kappa shape index (κ2) is 7.63. The summed E-state index contributed by atoms with van der Waals surface area (Å²) in [5.41, 5.74) is 6.74. The molecule has 0 fully saturated rings. The van der Waals surface area contributed by atoms with Gasteiger partial charge in [0.15, 0.2) is 5.76 Å². The van der Waals surface area contributed by atoms with Crippen molar-refractivity contribution in [2.45, 2.75) is 12.8 Å². The summed E-state index contributed by atoms with van der Waals surface area (Å²) in [7, 11) is 0. The van der Waals surface area contributed by atoms with E-state index >= 15 is 0 Å². The third kappa shape index (κ3) is 3.89. The van der Waals surface area contributed by atoms with Crippen LogP contribution in [-0.2, 0) is 12.8 Å². The molecule has 0 aliphatic carbocycles. The standard InChI is InChI=1S/C22H17FN2O4/c23-14-7-10-17-16(12-14)19(20(29-17)21(24)26)25-22(27)18-11-9-15(28-18)8-6-13-4-2-1-3-5-13/h1-5,7,9-12H,6,8H2,(H2,24,26)(H,25,27). The molecule has 0 atom stereocenters. The largest absolute Gasteiger partial charge is 0.456 e. The van der Waals surface area contributed by atoms with Gasteiger partial charge in [-0.15, -0.1) is 0 Å². The first-order valence-electron chi connectivity index (χ1n) is 8.97.